The molecule has 0 bridgehead atoms. The number of carbonyl (C=O) groups excluding carboxylic acids is 1. The third-order valence-corrected chi connectivity index (χ3v) is 2.50. The fourth-order valence-corrected chi connectivity index (χ4v) is 1.52. The summed E-state index contributed by atoms with van der Waals surface area (Å²) in [5, 5.41) is 11.3. The van der Waals surface area contributed by atoms with Crippen molar-refractivity contribution in [2.45, 2.75) is 13.0 Å². The maximum atomic E-state index is 11.8. The molecule has 0 radical (unpaired) electrons. The van der Waals surface area contributed by atoms with Gasteiger partial charge in [-0.05, 0) is 19.1 Å². The minimum Gasteiger partial charge on any atom is -0.394 e. The smallest absolute Gasteiger partial charge is 0.253 e. The number of para-hydroxylation sites is 1. The van der Waals surface area contributed by atoms with Crippen molar-refractivity contribution >= 4 is 28.8 Å². The lowest BCUT2D eigenvalue weighted by atomic mass is 10.1. The molecule has 98 valence electrons. The van der Waals surface area contributed by atoms with Crippen LogP contribution in [0.25, 0.3) is 0 Å². The number of hydrogen-bond donors (Lipinski definition) is 3. The first-order chi connectivity index (χ1) is 8.56. The topological polar surface area (TPSA) is 84.6 Å². The van der Waals surface area contributed by atoms with Crippen LogP contribution in [-0.2, 0) is 9.53 Å². The van der Waals surface area contributed by atoms with Crippen LogP contribution in [-0.4, -0.2) is 35.3 Å². The number of nitrogens with one attached hydrogen (secondary N) is 1. The Morgan fingerprint density at radius 3 is 2.83 bits per heavy atom. The Hall–Kier alpha value is -1.50. The standard InChI is InChI=1S/C12H16N2O3S/c1-8(17-7-6-15)12(16)14-10-5-3-2-4-9(10)11(13)18/h2-5,8,15H,6-7H2,1H3,(H2,13,18)(H,14,16). The van der Waals surface area contributed by atoms with Crippen molar-refractivity contribution in [3.8, 4) is 0 Å². The van der Waals surface area contributed by atoms with Gasteiger partial charge in [0, 0.05) is 5.56 Å². The monoisotopic (exact) mass is 268 g/mol. The fourth-order valence-electron chi connectivity index (χ4n) is 1.35. The quantitative estimate of drug-likeness (QED) is 0.660. The van der Waals surface area contributed by atoms with Crippen molar-refractivity contribution in [2.75, 3.05) is 18.5 Å². The first-order valence-electron chi connectivity index (χ1n) is 5.48. The lowest BCUT2D eigenvalue weighted by Crippen LogP contribution is -2.29. The lowest BCUT2D eigenvalue weighted by molar-refractivity contribution is -0.126. The summed E-state index contributed by atoms with van der Waals surface area (Å²) in [6.45, 7) is 1.60. The van der Waals surface area contributed by atoms with Gasteiger partial charge in [0.05, 0.1) is 18.9 Å². The number of nitrogens with two attached hydrogens (primary N) is 1. The summed E-state index contributed by atoms with van der Waals surface area (Å²) in [7, 11) is 0. The number of hydrogen-bond acceptors (Lipinski definition) is 4. The maximum absolute atomic E-state index is 11.8. The molecule has 0 spiro atoms. The highest BCUT2D eigenvalue weighted by molar-refractivity contribution is 7.80. The molecule has 0 heterocycles. The molecule has 0 aromatic heterocycles. The number of rotatable bonds is 6. The number of aliphatic hydroxyl groups excluding tert-OH is 1. The van der Waals surface area contributed by atoms with E-state index in [0.29, 0.717) is 11.3 Å². The third kappa shape index (κ3) is 4.06. The molecule has 0 aliphatic heterocycles. The zero-order chi connectivity index (χ0) is 13.5. The number of benzene rings is 1. The van der Waals surface area contributed by atoms with Crippen LogP contribution in [0.2, 0.25) is 0 Å². The Labute approximate surface area is 111 Å². The lowest BCUT2D eigenvalue weighted by Gasteiger charge is -2.14. The molecular formula is C12H16N2O3S. The van der Waals surface area contributed by atoms with Crippen LogP contribution in [0.15, 0.2) is 24.3 Å². The molecule has 1 atom stereocenters. The van der Waals surface area contributed by atoms with Crippen molar-refractivity contribution in [2.24, 2.45) is 5.73 Å². The van der Waals surface area contributed by atoms with Gasteiger partial charge in [-0.3, -0.25) is 4.79 Å². The molecule has 0 aliphatic rings. The molecule has 0 saturated carbocycles. The molecule has 0 saturated heterocycles. The van der Waals surface area contributed by atoms with Crippen LogP contribution < -0.4 is 11.1 Å². The Kier molecular flexibility index (Phi) is 5.70. The summed E-state index contributed by atoms with van der Waals surface area (Å²) in [6, 6.07) is 7.01. The predicted octanol–water partition coefficient (Wildman–Crippen LogP) is 0.657. The van der Waals surface area contributed by atoms with E-state index in [1.807, 2.05) is 0 Å². The van der Waals surface area contributed by atoms with Gasteiger partial charge in [-0.1, -0.05) is 24.4 Å². The van der Waals surface area contributed by atoms with Crippen LogP contribution in [0.1, 0.15) is 12.5 Å². The Balaban J connectivity index is 2.72. The second-order valence-electron chi connectivity index (χ2n) is 3.64. The van der Waals surface area contributed by atoms with Gasteiger partial charge in [-0.15, -0.1) is 0 Å². The summed E-state index contributed by atoms with van der Waals surface area (Å²) >= 11 is 4.90. The zero-order valence-corrected chi connectivity index (χ0v) is 10.9. The van der Waals surface area contributed by atoms with E-state index in [0.717, 1.165) is 0 Å². The second-order valence-corrected chi connectivity index (χ2v) is 4.08. The Morgan fingerprint density at radius 2 is 2.22 bits per heavy atom. The molecule has 1 aromatic rings. The van der Waals surface area contributed by atoms with Crippen molar-refractivity contribution in [3.63, 3.8) is 0 Å². The molecule has 4 N–H and O–H groups in total. The normalized spacial score (nSPS) is 11.9. The van der Waals surface area contributed by atoms with E-state index in [9.17, 15) is 4.79 Å². The molecule has 5 nitrogen and oxygen atoms in total. The largest absolute Gasteiger partial charge is 0.394 e. The van der Waals surface area contributed by atoms with Gasteiger partial charge >= 0.3 is 0 Å². The number of ether oxygens (including phenoxy) is 1. The average molecular weight is 268 g/mol. The summed E-state index contributed by atoms with van der Waals surface area (Å²) in [5.41, 5.74) is 6.72. The fraction of sp³-hybridized carbons (Fsp3) is 0.333. The van der Waals surface area contributed by atoms with Crippen molar-refractivity contribution in [1.82, 2.24) is 0 Å². The summed E-state index contributed by atoms with van der Waals surface area (Å²) < 4.78 is 5.10. The van der Waals surface area contributed by atoms with Gasteiger partial charge < -0.3 is 20.9 Å². The zero-order valence-electron chi connectivity index (χ0n) is 10.1. The molecule has 0 aliphatic carbocycles. The van der Waals surface area contributed by atoms with Crippen molar-refractivity contribution in [1.29, 1.82) is 0 Å². The van der Waals surface area contributed by atoms with Crippen LogP contribution in [0.4, 0.5) is 5.69 Å². The SMILES string of the molecule is CC(OCCO)C(=O)Nc1ccccc1C(N)=S. The molecule has 1 unspecified atom stereocenters. The van der Waals surface area contributed by atoms with Crippen LogP contribution in [0, 0.1) is 0 Å². The first kappa shape index (κ1) is 14.6. The van der Waals surface area contributed by atoms with E-state index >= 15 is 0 Å². The molecule has 1 aromatic carbocycles. The predicted molar refractivity (Wildman–Crippen MR) is 73.5 cm³/mol. The van der Waals surface area contributed by atoms with Crippen LogP contribution >= 0.6 is 12.2 Å². The van der Waals surface area contributed by atoms with Gasteiger partial charge in [-0.2, -0.15) is 0 Å². The van der Waals surface area contributed by atoms with E-state index in [-0.39, 0.29) is 24.1 Å². The summed E-state index contributed by atoms with van der Waals surface area (Å²) in [6.07, 6.45) is -0.656. The third-order valence-electron chi connectivity index (χ3n) is 2.28. The Bertz CT molecular complexity index is 437. The summed E-state index contributed by atoms with van der Waals surface area (Å²) in [5.74, 6) is -0.313. The maximum Gasteiger partial charge on any atom is 0.253 e. The highest BCUT2D eigenvalue weighted by atomic mass is 32.1. The number of thiocarbonyl (C=S) groups is 1. The molecule has 6 heteroatoms. The van der Waals surface area contributed by atoms with E-state index in [2.05, 4.69) is 5.32 Å². The van der Waals surface area contributed by atoms with Crippen molar-refractivity contribution < 1.29 is 14.6 Å². The van der Waals surface area contributed by atoms with Crippen LogP contribution in [0.3, 0.4) is 0 Å². The Morgan fingerprint density at radius 1 is 1.56 bits per heavy atom. The second kappa shape index (κ2) is 7.05. The van der Waals surface area contributed by atoms with Crippen molar-refractivity contribution in [3.05, 3.63) is 29.8 Å². The van der Waals surface area contributed by atoms with Gasteiger partial charge in [-0.25, -0.2) is 0 Å². The first-order valence-corrected chi connectivity index (χ1v) is 5.89. The molecular weight excluding hydrogens is 252 g/mol. The number of amides is 1. The molecule has 18 heavy (non-hydrogen) atoms. The van der Waals surface area contributed by atoms with Crippen LogP contribution in [0.5, 0.6) is 0 Å². The minimum absolute atomic E-state index is 0.117. The highest BCUT2D eigenvalue weighted by Crippen LogP contribution is 2.15. The van der Waals surface area contributed by atoms with Gasteiger partial charge in [0.2, 0.25) is 0 Å². The molecule has 1 rings (SSSR count). The van der Waals surface area contributed by atoms with Gasteiger partial charge in [0.15, 0.2) is 0 Å². The molecule has 1 amide bonds. The average Bonchev–Trinajstić information content (AvgIpc) is 2.36. The summed E-state index contributed by atoms with van der Waals surface area (Å²) in [4.78, 5) is 12.0. The van der Waals surface area contributed by atoms with Gasteiger partial charge in [0.1, 0.15) is 11.1 Å². The van der Waals surface area contributed by atoms with E-state index in [4.69, 9.17) is 27.8 Å². The van der Waals surface area contributed by atoms with E-state index < -0.39 is 6.10 Å². The minimum atomic E-state index is -0.656. The highest BCUT2D eigenvalue weighted by Gasteiger charge is 2.15. The van der Waals surface area contributed by atoms with Gasteiger partial charge in [0.25, 0.3) is 5.91 Å². The number of carbonyl (C=O) groups is 1. The molecule has 0 fully saturated rings. The van der Waals surface area contributed by atoms with E-state index in [1.54, 1.807) is 31.2 Å². The number of aliphatic hydroxyl groups is 1. The van der Waals surface area contributed by atoms with E-state index in [1.165, 1.54) is 0 Å². The number of anilines is 1.